The number of aromatic nitrogens is 1. The molecule has 0 amide bonds. The first-order valence-electron chi connectivity index (χ1n) is 7.74. The number of hydrogen-bond acceptors (Lipinski definition) is 4. The zero-order valence-corrected chi connectivity index (χ0v) is 13.4. The molecule has 2 saturated heterocycles. The van der Waals surface area contributed by atoms with Crippen LogP contribution >= 0.6 is 11.6 Å². The fraction of sp³-hybridized carbons (Fsp3) is 0.667. The first-order chi connectivity index (χ1) is 10.9. The summed E-state index contributed by atoms with van der Waals surface area (Å²) < 4.78 is 43.5. The van der Waals surface area contributed by atoms with Gasteiger partial charge in [0, 0.05) is 38.4 Å². The lowest BCUT2D eigenvalue weighted by Crippen LogP contribution is -2.51. The van der Waals surface area contributed by atoms with Gasteiger partial charge in [0.25, 0.3) is 0 Å². The quantitative estimate of drug-likeness (QED) is 0.820. The Morgan fingerprint density at radius 2 is 1.96 bits per heavy atom. The lowest BCUT2D eigenvalue weighted by atomic mass is 10.0. The van der Waals surface area contributed by atoms with Crippen LogP contribution in [0.1, 0.15) is 18.4 Å². The van der Waals surface area contributed by atoms with Gasteiger partial charge in [-0.05, 0) is 18.9 Å². The van der Waals surface area contributed by atoms with Crippen molar-refractivity contribution in [3.8, 4) is 0 Å². The van der Waals surface area contributed by atoms with Gasteiger partial charge in [-0.3, -0.25) is 4.90 Å². The third kappa shape index (κ3) is 3.89. The summed E-state index contributed by atoms with van der Waals surface area (Å²) in [5.74, 6) is 0.442. The highest BCUT2D eigenvalue weighted by molar-refractivity contribution is 6.33. The van der Waals surface area contributed by atoms with Crippen LogP contribution in [0.2, 0.25) is 5.02 Å². The molecular formula is C15H19ClF3N3O. The van der Waals surface area contributed by atoms with Crippen LogP contribution in [0.4, 0.5) is 19.0 Å². The molecule has 1 aromatic heterocycles. The van der Waals surface area contributed by atoms with E-state index in [1.54, 1.807) is 0 Å². The van der Waals surface area contributed by atoms with E-state index in [4.69, 9.17) is 16.3 Å². The standard InChI is InChI=1S/C15H19ClF3N3O/c16-13-8-11(15(17,18)19)9-20-14(13)22-3-1-2-12(10-22)21-4-6-23-7-5-21/h8-9,12H,1-7,10H2. The van der Waals surface area contributed by atoms with Gasteiger partial charge in [0.05, 0.1) is 23.8 Å². The van der Waals surface area contributed by atoms with E-state index in [2.05, 4.69) is 9.88 Å². The molecule has 1 unspecified atom stereocenters. The van der Waals surface area contributed by atoms with E-state index in [0.717, 1.165) is 64.5 Å². The lowest BCUT2D eigenvalue weighted by molar-refractivity contribution is -0.137. The van der Waals surface area contributed by atoms with E-state index in [0.29, 0.717) is 11.9 Å². The van der Waals surface area contributed by atoms with Gasteiger partial charge in [-0.25, -0.2) is 4.98 Å². The Morgan fingerprint density at radius 1 is 1.22 bits per heavy atom. The summed E-state index contributed by atoms with van der Waals surface area (Å²) in [5.41, 5.74) is -0.812. The maximum Gasteiger partial charge on any atom is 0.417 e. The number of ether oxygens (including phenoxy) is 1. The van der Waals surface area contributed by atoms with Gasteiger partial charge in [-0.15, -0.1) is 0 Å². The molecule has 0 saturated carbocycles. The van der Waals surface area contributed by atoms with Crippen molar-refractivity contribution in [3.63, 3.8) is 0 Å². The summed E-state index contributed by atoms with van der Waals surface area (Å²) in [7, 11) is 0. The maximum atomic E-state index is 12.7. The van der Waals surface area contributed by atoms with E-state index in [9.17, 15) is 13.2 Å². The number of rotatable bonds is 2. The van der Waals surface area contributed by atoms with Gasteiger partial charge < -0.3 is 9.64 Å². The molecule has 0 aromatic carbocycles. The minimum Gasteiger partial charge on any atom is -0.379 e. The van der Waals surface area contributed by atoms with Gasteiger partial charge in [0.2, 0.25) is 0 Å². The van der Waals surface area contributed by atoms with Gasteiger partial charge in [0.15, 0.2) is 0 Å². The summed E-state index contributed by atoms with van der Waals surface area (Å²) in [6.45, 7) is 4.75. The molecule has 2 aliphatic heterocycles. The SMILES string of the molecule is FC(F)(F)c1cnc(N2CCCC(N3CCOCC3)C2)c(Cl)c1. The predicted octanol–water partition coefficient (Wildman–Crippen LogP) is 3.05. The van der Waals surface area contributed by atoms with Crippen LogP contribution in [-0.4, -0.2) is 55.3 Å². The number of nitrogens with zero attached hydrogens (tertiary/aromatic N) is 3. The molecule has 1 aromatic rings. The molecule has 2 aliphatic rings. The van der Waals surface area contributed by atoms with E-state index >= 15 is 0 Å². The van der Waals surface area contributed by atoms with E-state index in [-0.39, 0.29) is 5.02 Å². The van der Waals surface area contributed by atoms with Crippen LogP contribution in [0.3, 0.4) is 0 Å². The zero-order chi connectivity index (χ0) is 16.4. The number of alkyl halides is 3. The van der Waals surface area contributed by atoms with Gasteiger partial charge >= 0.3 is 6.18 Å². The fourth-order valence-corrected chi connectivity index (χ4v) is 3.49. The molecule has 3 heterocycles. The molecule has 128 valence electrons. The van der Waals surface area contributed by atoms with Crippen molar-refractivity contribution >= 4 is 17.4 Å². The van der Waals surface area contributed by atoms with Gasteiger partial charge in [-0.1, -0.05) is 11.6 Å². The van der Waals surface area contributed by atoms with Crippen molar-refractivity contribution in [2.45, 2.75) is 25.1 Å². The normalized spacial score (nSPS) is 24.0. The summed E-state index contributed by atoms with van der Waals surface area (Å²) in [6.07, 6.45) is -1.51. The van der Waals surface area contributed by atoms with Crippen molar-refractivity contribution in [1.29, 1.82) is 0 Å². The molecule has 1 atom stereocenters. The Kier molecular flexibility index (Phi) is 4.98. The molecule has 2 fully saturated rings. The maximum absolute atomic E-state index is 12.7. The predicted molar refractivity (Wildman–Crippen MR) is 81.9 cm³/mol. The van der Waals surface area contributed by atoms with Crippen LogP contribution in [0, 0.1) is 0 Å². The summed E-state index contributed by atoms with van der Waals surface area (Å²) >= 11 is 6.06. The van der Waals surface area contributed by atoms with Crippen molar-refractivity contribution in [2.24, 2.45) is 0 Å². The minimum absolute atomic E-state index is 0.0578. The van der Waals surface area contributed by atoms with Crippen molar-refractivity contribution in [1.82, 2.24) is 9.88 Å². The molecule has 0 N–H and O–H groups in total. The molecule has 0 spiro atoms. The molecule has 4 nitrogen and oxygen atoms in total. The third-order valence-electron chi connectivity index (χ3n) is 4.41. The van der Waals surface area contributed by atoms with E-state index in [1.807, 2.05) is 4.90 Å². The Labute approximate surface area is 138 Å². The second-order valence-corrected chi connectivity index (χ2v) is 6.32. The number of morpholine rings is 1. The first-order valence-corrected chi connectivity index (χ1v) is 8.12. The van der Waals surface area contributed by atoms with Gasteiger partial charge in [0.1, 0.15) is 5.82 Å². The average molecular weight is 350 g/mol. The molecule has 0 aliphatic carbocycles. The fourth-order valence-electron chi connectivity index (χ4n) is 3.21. The number of pyridine rings is 1. The zero-order valence-electron chi connectivity index (χ0n) is 12.7. The van der Waals surface area contributed by atoms with Crippen LogP contribution in [-0.2, 0) is 10.9 Å². The Hall–Kier alpha value is -1.05. The van der Waals surface area contributed by atoms with E-state index < -0.39 is 11.7 Å². The highest BCUT2D eigenvalue weighted by atomic mass is 35.5. The summed E-state index contributed by atoms with van der Waals surface area (Å²) in [5, 5.41) is 0.0578. The number of piperidine rings is 1. The highest BCUT2D eigenvalue weighted by Crippen LogP contribution is 2.34. The summed E-state index contributed by atoms with van der Waals surface area (Å²) in [4.78, 5) is 8.35. The van der Waals surface area contributed by atoms with Crippen LogP contribution in [0.15, 0.2) is 12.3 Å². The van der Waals surface area contributed by atoms with Crippen LogP contribution in [0.25, 0.3) is 0 Å². The first kappa shape index (κ1) is 16.8. The molecule has 0 radical (unpaired) electrons. The second-order valence-electron chi connectivity index (χ2n) is 5.92. The highest BCUT2D eigenvalue weighted by Gasteiger charge is 2.33. The Balaban J connectivity index is 1.73. The summed E-state index contributed by atoms with van der Waals surface area (Å²) in [6, 6.07) is 1.33. The monoisotopic (exact) mass is 349 g/mol. The molecule has 23 heavy (non-hydrogen) atoms. The van der Waals surface area contributed by atoms with Crippen molar-refractivity contribution in [2.75, 3.05) is 44.3 Å². The third-order valence-corrected chi connectivity index (χ3v) is 4.69. The van der Waals surface area contributed by atoms with Crippen LogP contribution in [0.5, 0.6) is 0 Å². The molecule has 0 bridgehead atoms. The molecular weight excluding hydrogens is 331 g/mol. The molecule has 8 heteroatoms. The van der Waals surface area contributed by atoms with Crippen molar-refractivity contribution < 1.29 is 17.9 Å². The Bertz CT molecular complexity index is 549. The number of anilines is 1. The second kappa shape index (κ2) is 6.83. The van der Waals surface area contributed by atoms with Crippen LogP contribution < -0.4 is 4.90 Å². The number of hydrogen-bond donors (Lipinski definition) is 0. The topological polar surface area (TPSA) is 28.6 Å². The minimum atomic E-state index is -4.42. The smallest absolute Gasteiger partial charge is 0.379 e. The van der Waals surface area contributed by atoms with Gasteiger partial charge in [-0.2, -0.15) is 13.2 Å². The lowest BCUT2D eigenvalue weighted by Gasteiger charge is -2.41. The molecule has 3 rings (SSSR count). The number of halogens is 4. The van der Waals surface area contributed by atoms with E-state index in [1.165, 1.54) is 0 Å². The largest absolute Gasteiger partial charge is 0.417 e. The Morgan fingerprint density at radius 3 is 2.61 bits per heavy atom. The van der Waals surface area contributed by atoms with Crippen molar-refractivity contribution in [3.05, 3.63) is 22.8 Å². The average Bonchev–Trinajstić information content (AvgIpc) is 2.55.